The van der Waals surface area contributed by atoms with Gasteiger partial charge in [-0.05, 0) is 26.7 Å². The fraction of sp³-hybridized carbons (Fsp3) is 0.706. The molecule has 0 aliphatic carbocycles. The number of nitrogens with one attached hydrogen (secondary N) is 2. The lowest BCUT2D eigenvalue weighted by Crippen LogP contribution is -2.63. The van der Waals surface area contributed by atoms with Crippen LogP contribution in [0.2, 0.25) is 0 Å². The molecule has 5 aliphatic rings. The molecule has 3 saturated heterocycles. The first kappa shape index (κ1) is 39.9. The maximum absolute atomic E-state index is 14.6. The van der Waals surface area contributed by atoms with Crippen LogP contribution >= 0.6 is 23.5 Å². The third-order valence-electron chi connectivity index (χ3n) is 10.9. The van der Waals surface area contributed by atoms with Crippen molar-refractivity contribution in [1.82, 2.24) is 30.2 Å². The molecule has 0 bridgehead atoms. The van der Waals surface area contributed by atoms with Crippen molar-refractivity contribution in [2.24, 2.45) is 23.7 Å². The molecule has 0 radical (unpaired) electrons. The number of hydrogen-bond acceptors (Lipinski definition) is 12. The number of likely N-dealkylation sites (tertiary alicyclic amines) is 1. The Morgan fingerprint density at radius 1 is 0.865 bits per heavy atom. The molecule has 0 spiro atoms. The summed E-state index contributed by atoms with van der Waals surface area (Å²) in [5, 5.41) is 47.4. The van der Waals surface area contributed by atoms with Crippen LogP contribution in [0.15, 0.2) is 21.2 Å². The SMILES string of the molecule is CC(O)C(C(=O)N1CC(SC2=C(C(=O)O)N3C(=O)C(C(C)O)C3C2C)CC1C(=O)N(C)C)C1NC(C(=O)O)=C(SC2CNC(C(=O)N(C)C)C2)C1C. The van der Waals surface area contributed by atoms with Crippen LogP contribution in [0.1, 0.15) is 40.5 Å². The van der Waals surface area contributed by atoms with Crippen molar-refractivity contribution < 1.29 is 49.2 Å². The summed E-state index contributed by atoms with van der Waals surface area (Å²) in [7, 11) is 6.48. The Labute approximate surface area is 311 Å². The molecule has 0 aromatic carbocycles. The van der Waals surface area contributed by atoms with Crippen LogP contribution in [-0.4, -0.2) is 164 Å². The topological polar surface area (TPSA) is 220 Å². The number of amides is 4. The average Bonchev–Trinajstić information content (AvgIpc) is 3.82. The molecule has 3 fully saturated rings. The number of carbonyl (C=O) groups excluding carboxylic acids is 4. The first-order valence-electron chi connectivity index (χ1n) is 17.5. The fourth-order valence-corrected chi connectivity index (χ4v) is 11.3. The van der Waals surface area contributed by atoms with E-state index in [4.69, 9.17) is 0 Å². The molecule has 12 atom stereocenters. The summed E-state index contributed by atoms with van der Waals surface area (Å²) in [6.45, 7) is 7.07. The number of carboxylic acids is 2. The Bertz CT molecular complexity index is 1580. The third-order valence-corrected chi connectivity index (χ3v) is 13.9. The van der Waals surface area contributed by atoms with Crippen LogP contribution in [-0.2, 0) is 28.8 Å². The van der Waals surface area contributed by atoms with Crippen LogP contribution in [0, 0.1) is 23.7 Å². The average molecular weight is 767 g/mol. The van der Waals surface area contributed by atoms with Crippen molar-refractivity contribution >= 4 is 59.1 Å². The number of likely N-dealkylation sites (N-methyl/N-ethyl adjacent to an activating group) is 2. The lowest BCUT2D eigenvalue weighted by atomic mass is 9.79. The van der Waals surface area contributed by atoms with Gasteiger partial charge in [0.15, 0.2) is 0 Å². The molecule has 4 amide bonds. The van der Waals surface area contributed by atoms with Gasteiger partial charge in [-0.2, -0.15) is 0 Å². The largest absolute Gasteiger partial charge is 0.477 e. The predicted octanol–water partition coefficient (Wildman–Crippen LogP) is -0.616. The first-order valence-corrected chi connectivity index (χ1v) is 19.2. The number of fused-ring (bicyclic) bond motifs is 1. The molecule has 5 rings (SSSR count). The smallest absolute Gasteiger partial charge is 0.353 e. The number of nitrogens with zero attached hydrogens (tertiary/aromatic N) is 4. The number of carbonyl (C=O) groups is 6. The summed E-state index contributed by atoms with van der Waals surface area (Å²) in [6.07, 6.45) is -1.54. The van der Waals surface area contributed by atoms with E-state index >= 15 is 0 Å². The minimum atomic E-state index is -1.28. The van der Waals surface area contributed by atoms with Gasteiger partial charge in [-0.1, -0.05) is 13.8 Å². The van der Waals surface area contributed by atoms with Crippen molar-refractivity contribution in [3.63, 3.8) is 0 Å². The zero-order valence-corrected chi connectivity index (χ0v) is 32.2. The maximum atomic E-state index is 14.6. The highest BCUT2D eigenvalue weighted by atomic mass is 32.2. The van der Waals surface area contributed by atoms with Crippen LogP contribution in [0.4, 0.5) is 0 Å². The molecule has 0 aromatic heterocycles. The number of rotatable bonds is 12. The normalized spacial score (nSPS) is 33.0. The van der Waals surface area contributed by atoms with Crippen LogP contribution < -0.4 is 10.6 Å². The Balaban J connectivity index is 1.38. The Kier molecular flexibility index (Phi) is 11.7. The van der Waals surface area contributed by atoms with Crippen molar-refractivity contribution in [3.8, 4) is 0 Å². The van der Waals surface area contributed by atoms with Gasteiger partial charge in [-0.15, -0.1) is 23.5 Å². The Morgan fingerprint density at radius 3 is 2.02 bits per heavy atom. The first-order chi connectivity index (χ1) is 24.3. The van der Waals surface area contributed by atoms with Crippen molar-refractivity contribution in [1.29, 1.82) is 0 Å². The van der Waals surface area contributed by atoms with E-state index in [1.54, 1.807) is 42.0 Å². The second-order valence-electron chi connectivity index (χ2n) is 14.9. The number of aliphatic hydroxyl groups excluding tert-OH is 2. The summed E-state index contributed by atoms with van der Waals surface area (Å²) in [6, 6.07) is -2.69. The molecule has 52 heavy (non-hydrogen) atoms. The van der Waals surface area contributed by atoms with E-state index in [-0.39, 0.29) is 41.4 Å². The van der Waals surface area contributed by atoms with Crippen LogP contribution in [0.5, 0.6) is 0 Å². The summed E-state index contributed by atoms with van der Waals surface area (Å²) >= 11 is 2.56. The van der Waals surface area contributed by atoms with E-state index in [9.17, 15) is 49.2 Å². The fourth-order valence-electron chi connectivity index (χ4n) is 8.33. The molecule has 18 heteroatoms. The van der Waals surface area contributed by atoms with Gasteiger partial charge in [0.05, 0.1) is 36.1 Å². The molecular formula is C34H50N6O10S2. The molecule has 288 valence electrons. The van der Waals surface area contributed by atoms with Crippen LogP contribution in [0.3, 0.4) is 0 Å². The van der Waals surface area contributed by atoms with Gasteiger partial charge in [0.25, 0.3) is 0 Å². The highest BCUT2D eigenvalue weighted by Gasteiger charge is 2.60. The summed E-state index contributed by atoms with van der Waals surface area (Å²) in [5.41, 5.74) is -0.222. The van der Waals surface area contributed by atoms with E-state index in [0.717, 1.165) is 0 Å². The van der Waals surface area contributed by atoms with Gasteiger partial charge < -0.3 is 50.7 Å². The molecule has 12 unspecified atom stereocenters. The maximum Gasteiger partial charge on any atom is 0.353 e. The summed E-state index contributed by atoms with van der Waals surface area (Å²) in [4.78, 5) is 85.0. The zero-order chi connectivity index (χ0) is 38.7. The van der Waals surface area contributed by atoms with Crippen molar-refractivity contribution in [3.05, 3.63) is 21.2 Å². The minimum absolute atomic E-state index is 0.0372. The highest BCUT2D eigenvalue weighted by molar-refractivity contribution is 8.04. The Hall–Kier alpha value is -3.32. The van der Waals surface area contributed by atoms with Crippen molar-refractivity contribution in [2.45, 2.75) is 87.4 Å². The molecule has 0 aromatic rings. The number of thioether (sulfide) groups is 2. The number of aliphatic hydroxyl groups is 2. The van der Waals surface area contributed by atoms with Gasteiger partial charge in [0.1, 0.15) is 17.4 Å². The second-order valence-corrected chi connectivity index (χ2v) is 17.6. The lowest BCUT2D eigenvalue weighted by Gasteiger charge is -2.46. The monoisotopic (exact) mass is 766 g/mol. The lowest BCUT2D eigenvalue weighted by molar-refractivity contribution is -0.163. The van der Waals surface area contributed by atoms with E-state index in [1.807, 2.05) is 0 Å². The van der Waals surface area contributed by atoms with Gasteiger partial charge in [-0.3, -0.25) is 19.2 Å². The van der Waals surface area contributed by atoms with Gasteiger partial charge in [0, 0.05) is 79.5 Å². The number of aliphatic carboxylic acids is 2. The number of hydrogen-bond donors (Lipinski definition) is 6. The van der Waals surface area contributed by atoms with E-state index in [1.165, 1.54) is 57.0 Å². The van der Waals surface area contributed by atoms with Gasteiger partial charge in [-0.25, -0.2) is 9.59 Å². The van der Waals surface area contributed by atoms with Crippen molar-refractivity contribution in [2.75, 3.05) is 41.3 Å². The van der Waals surface area contributed by atoms with E-state index in [0.29, 0.717) is 22.8 Å². The molecular weight excluding hydrogens is 717 g/mol. The zero-order valence-electron chi connectivity index (χ0n) is 30.6. The number of carboxylic acid groups (broad SMARTS) is 2. The molecule has 0 saturated carbocycles. The summed E-state index contributed by atoms with van der Waals surface area (Å²) < 4.78 is 0. The third kappa shape index (κ3) is 7.03. The second kappa shape index (κ2) is 15.2. The predicted molar refractivity (Wildman–Crippen MR) is 192 cm³/mol. The minimum Gasteiger partial charge on any atom is -0.477 e. The molecule has 16 nitrogen and oxygen atoms in total. The highest BCUT2D eigenvalue weighted by Crippen LogP contribution is 2.52. The molecule has 5 heterocycles. The summed E-state index contributed by atoms with van der Waals surface area (Å²) in [5.74, 6) is -6.74. The van der Waals surface area contributed by atoms with Crippen LogP contribution in [0.25, 0.3) is 0 Å². The van der Waals surface area contributed by atoms with E-state index < -0.39 is 89.0 Å². The molecule has 6 N–H and O–H groups in total. The Morgan fingerprint density at radius 2 is 1.48 bits per heavy atom. The quantitative estimate of drug-likeness (QED) is 0.137. The van der Waals surface area contributed by atoms with Gasteiger partial charge in [0.2, 0.25) is 23.6 Å². The standard InChI is InChI=1S/C34H50N6O10S2/c1-13-23(36-24(33(47)48)27(13)51-17-9-19(35-11-17)29(43)37(5)6)21(15(3)41)31(45)39-12-18(10-20(39)30(44)38(7)8)52-28-14(2)25-22(16(4)42)32(46)40(25)26(28)34(49)50/h13-23,25,35-36,41-42H,9-12H2,1-8H3,(H,47,48)(H,49,50). The molecule has 5 aliphatic heterocycles. The van der Waals surface area contributed by atoms with Gasteiger partial charge >= 0.3 is 11.9 Å². The van der Waals surface area contributed by atoms with E-state index in [2.05, 4.69) is 10.6 Å². The number of β-lactam (4-membered cyclic amide) rings is 1.